The lowest BCUT2D eigenvalue weighted by molar-refractivity contribution is -0.126. The molecular weight excluding hydrogens is 292 g/mol. The number of hydrogen-bond donors (Lipinski definition) is 4. The van der Waals surface area contributed by atoms with Crippen molar-refractivity contribution in [2.75, 3.05) is 19.4 Å². The average Bonchev–Trinajstić information content (AvgIpc) is 2.49. The van der Waals surface area contributed by atoms with Gasteiger partial charge in [-0.25, -0.2) is 0 Å². The highest BCUT2D eigenvalue weighted by molar-refractivity contribution is 5.98. The van der Waals surface area contributed by atoms with Crippen LogP contribution in [0.1, 0.15) is 19.4 Å². The van der Waals surface area contributed by atoms with E-state index in [4.69, 9.17) is 0 Å². The number of anilines is 1. The van der Waals surface area contributed by atoms with Crippen molar-refractivity contribution in [2.45, 2.75) is 32.5 Å². The quantitative estimate of drug-likeness (QED) is 0.539. The number of carbonyl (C=O) groups is 2. The van der Waals surface area contributed by atoms with Gasteiger partial charge in [0.2, 0.25) is 11.8 Å². The predicted molar refractivity (Wildman–Crippen MR) is 93.1 cm³/mol. The SMILES string of the molecule is C=C(C)[C@H](NC)C(=O)N[C@@H](C)C(=O)Nc1ccc(CNC)cc1. The first-order valence-electron chi connectivity index (χ1n) is 7.56. The Kier molecular flexibility index (Phi) is 7.44. The highest BCUT2D eigenvalue weighted by atomic mass is 16.2. The molecule has 0 aliphatic rings. The van der Waals surface area contributed by atoms with Crippen LogP contribution in [0.5, 0.6) is 0 Å². The van der Waals surface area contributed by atoms with Crippen LogP contribution in [-0.2, 0) is 16.1 Å². The van der Waals surface area contributed by atoms with Gasteiger partial charge in [0.15, 0.2) is 0 Å². The molecule has 0 fully saturated rings. The van der Waals surface area contributed by atoms with Crippen molar-refractivity contribution in [3.05, 3.63) is 42.0 Å². The molecule has 0 spiro atoms. The van der Waals surface area contributed by atoms with Crippen molar-refractivity contribution in [1.29, 1.82) is 0 Å². The summed E-state index contributed by atoms with van der Waals surface area (Å²) in [6, 6.07) is 6.40. The summed E-state index contributed by atoms with van der Waals surface area (Å²) < 4.78 is 0. The Labute approximate surface area is 137 Å². The van der Waals surface area contributed by atoms with E-state index >= 15 is 0 Å². The number of likely N-dealkylation sites (N-methyl/N-ethyl adjacent to an activating group) is 1. The summed E-state index contributed by atoms with van der Waals surface area (Å²) in [6.45, 7) is 7.94. The Hall–Kier alpha value is -2.18. The maximum atomic E-state index is 12.2. The third-order valence-electron chi connectivity index (χ3n) is 3.40. The summed E-state index contributed by atoms with van der Waals surface area (Å²) in [7, 11) is 3.56. The van der Waals surface area contributed by atoms with E-state index in [-0.39, 0.29) is 11.8 Å². The average molecular weight is 318 g/mol. The molecule has 0 radical (unpaired) electrons. The number of rotatable bonds is 8. The molecular formula is C17H26N4O2. The van der Waals surface area contributed by atoms with Crippen molar-refractivity contribution >= 4 is 17.5 Å². The van der Waals surface area contributed by atoms with Crippen LogP contribution in [0.3, 0.4) is 0 Å². The van der Waals surface area contributed by atoms with Gasteiger partial charge in [-0.15, -0.1) is 0 Å². The summed E-state index contributed by atoms with van der Waals surface area (Å²) in [4.78, 5) is 24.2. The molecule has 2 atom stereocenters. The summed E-state index contributed by atoms with van der Waals surface area (Å²) in [6.07, 6.45) is 0. The van der Waals surface area contributed by atoms with Gasteiger partial charge in [0.25, 0.3) is 0 Å². The maximum absolute atomic E-state index is 12.2. The zero-order valence-corrected chi connectivity index (χ0v) is 14.2. The molecule has 126 valence electrons. The molecule has 0 aliphatic carbocycles. The van der Waals surface area contributed by atoms with E-state index in [2.05, 4.69) is 27.8 Å². The minimum atomic E-state index is -0.644. The molecule has 1 rings (SSSR count). The van der Waals surface area contributed by atoms with Gasteiger partial charge in [0.05, 0.1) is 0 Å². The van der Waals surface area contributed by atoms with Gasteiger partial charge in [-0.1, -0.05) is 24.3 Å². The topological polar surface area (TPSA) is 82.3 Å². The minimum Gasteiger partial charge on any atom is -0.343 e. The van der Waals surface area contributed by atoms with Gasteiger partial charge in [0.1, 0.15) is 12.1 Å². The zero-order chi connectivity index (χ0) is 17.4. The first-order valence-corrected chi connectivity index (χ1v) is 7.56. The van der Waals surface area contributed by atoms with Crippen molar-refractivity contribution in [2.24, 2.45) is 0 Å². The van der Waals surface area contributed by atoms with E-state index < -0.39 is 12.1 Å². The predicted octanol–water partition coefficient (Wildman–Crippen LogP) is 1.01. The van der Waals surface area contributed by atoms with Crippen molar-refractivity contribution < 1.29 is 9.59 Å². The molecule has 0 unspecified atom stereocenters. The number of benzene rings is 1. The Bertz CT molecular complexity index is 554. The summed E-state index contributed by atoms with van der Waals surface area (Å²) >= 11 is 0. The van der Waals surface area contributed by atoms with Crippen molar-refractivity contribution in [3.63, 3.8) is 0 Å². The normalized spacial score (nSPS) is 13.0. The van der Waals surface area contributed by atoms with E-state index in [9.17, 15) is 9.59 Å². The second-order valence-corrected chi connectivity index (χ2v) is 5.51. The van der Waals surface area contributed by atoms with Crippen LogP contribution in [-0.4, -0.2) is 38.0 Å². The fourth-order valence-electron chi connectivity index (χ4n) is 2.12. The lowest BCUT2D eigenvalue weighted by Gasteiger charge is -2.19. The molecule has 1 aromatic rings. The highest BCUT2D eigenvalue weighted by Gasteiger charge is 2.22. The van der Waals surface area contributed by atoms with Gasteiger partial charge in [-0.3, -0.25) is 9.59 Å². The van der Waals surface area contributed by atoms with Crippen LogP contribution < -0.4 is 21.3 Å². The molecule has 4 N–H and O–H groups in total. The van der Waals surface area contributed by atoms with E-state index in [0.717, 1.165) is 12.1 Å². The van der Waals surface area contributed by atoms with Gasteiger partial charge in [0, 0.05) is 12.2 Å². The fourth-order valence-corrected chi connectivity index (χ4v) is 2.12. The summed E-state index contributed by atoms with van der Waals surface area (Å²) in [5.41, 5.74) is 2.52. The number of nitrogens with one attached hydrogen (secondary N) is 4. The van der Waals surface area contributed by atoms with E-state index in [1.54, 1.807) is 20.9 Å². The van der Waals surface area contributed by atoms with Crippen LogP contribution in [0.25, 0.3) is 0 Å². The summed E-state index contributed by atoms with van der Waals surface area (Å²) in [5, 5.41) is 11.4. The fraction of sp³-hybridized carbons (Fsp3) is 0.412. The first-order chi connectivity index (χ1) is 10.9. The van der Waals surface area contributed by atoms with E-state index in [1.165, 1.54) is 0 Å². The Morgan fingerprint density at radius 2 is 1.74 bits per heavy atom. The molecule has 0 bridgehead atoms. The van der Waals surface area contributed by atoms with E-state index in [1.807, 2.05) is 31.3 Å². The standard InChI is InChI=1S/C17H26N4O2/c1-11(2)15(19-5)17(23)20-12(3)16(22)21-14-8-6-13(7-9-14)10-18-4/h6-9,12,15,18-19H,1,10H2,2-5H3,(H,20,23)(H,21,22)/t12-,15-/m0/s1. The Balaban J connectivity index is 2.59. The van der Waals surface area contributed by atoms with Gasteiger partial charge >= 0.3 is 0 Å². The lowest BCUT2D eigenvalue weighted by Crippen LogP contribution is -2.49. The van der Waals surface area contributed by atoms with Crippen LogP contribution in [0.4, 0.5) is 5.69 Å². The molecule has 0 aliphatic heterocycles. The number of amides is 2. The minimum absolute atomic E-state index is 0.267. The van der Waals surface area contributed by atoms with Crippen LogP contribution in [0.15, 0.2) is 36.4 Å². The second-order valence-electron chi connectivity index (χ2n) is 5.51. The van der Waals surface area contributed by atoms with Crippen LogP contribution in [0, 0.1) is 0 Å². The molecule has 0 saturated carbocycles. The van der Waals surface area contributed by atoms with E-state index in [0.29, 0.717) is 11.3 Å². The number of hydrogen-bond acceptors (Lipinski definition) is 4. The van der Waals surface area contributed by atoms with Crippen LogP contribution in [0.2, 0.25) is 0 Å². The summed E-state index contributed by atoms with van der Waals surface area (Å²) in [5.74, 6) is -0.539. The Morgan fingerprint density at radius 3 is 2.22 bits per heavy atom. The molecule has 0 heterocycles. The van der Waals surface area contributed by atoms with Gasteiger partial charge in [-0.2, -0.15) is 0 Å². The van der Waals surface area contributed by atoms with Gasteiger partial charge in [-0.05, 0) is 45.6 Å². The molecule has 6 heteroatoms. The second kappa shape index (κ2) is 9.07. The lowest BCUT2D eigenvalue weighted by atomic mass is 10.1. The monoisotopic (exact) mass is 318 g/mol. The molecule has 2 amide bonds. The molecule has 0 aromatic heterocycles. The zero-order valence-electron chi connectivity index (χ0n) is 14.2. The van der Waals surface area contributed by atoms with Crippen LogP contribution >= 0.6 is 0 Å². The van der Waals surface area contributed by atoms with Crippen molar-refractivity contribution in [1.82, 2.24) is 16.0 Å². The largest absolute Gasteiger partial charge is 0.343 e. The third kappa shape index (κ3) is 5.84. The highest BCUT2D eigenvalue weighted by Crippen LogP contribution is 2.10. The Morgan fingerprint density at radius 1 is 1.13 bits per heavy atom. The molecule has 0 saturated heterocycles. The van der Waals surface area contributed by atoms with Crippen molar-refractivity contribution in [3.8, 4) is 0 Å². The third-order valence-corrected chi connectivity index (χ3v) is 3.40. The molecule has 1 aromatic carbocycles. The maximum Gasteiger partial charge on any atom is 0.246 e. The first kappa shape index (κ1) is 18.9. The number of carbonyl (C=O) groups excluding carboxylic acids is 2. The molecule has 6 nitrogen and oxygen atoms in total. The molecule has 23 heavy (non-hydrogen) atoms. The van der Waals surface area contributed by atoms with Gasteiger partial charge < -0.3 is 21.3 Å². The smallest absolute Gasteiger partial charge is 0.246 e.